The Kier molecular flexibility index (Phi) is 4.77. The van der Waals surface area contributed by atoms with Crippen LogP contribution in [0.4, 0.5) is 5.69 Å². The number of unbranched alkanes of at least 4 members (excludes halogenated alkanes) is 1. The van der Waals surface area contributed by atoms with E-state index in [9.17, 15) is 4.79 Å². The quantitative estimate of drug-likeness (QED) is 0.414. The molecule has 0 saturated carbocycles. The highest BCUT2D eigenvalue weighted by Crippen LogP contribution is 2.19. The second kappa shape index (κ2) is 6.11. The van der Waals surface area contributed by atoms with Crippen LogP contribution in [0.1, 0.15) is 28.8 Å². The molecule has 0 aliphatic rings. The Balaban J connectivity index is 2.77. The minimum atomic E-state index is 0.765. The number of rotatable bonds is 6. The molecule has 0 aromatic heterocycles. The predicted octanol–water partition coefficient (Wildman–Crippen LogP) is 3.21. The van der Waals surface area contributed by atoms with Crippen LogP contribution in [0.2, 0.25) is 0 Å². The fourth-order valence-electron chi connectivity index (χ4n) is 1.71. The van der Waals surface area contributed by atoms with Crippen LogP contribution in [0, 0.1) is 6.92 Å². The topological polar surface area (TPSA) is 20.3 Å². The number of carbonyl (C=O) groups is 1. The third kappa shape index (κ3) is 3.23. The van der Waals surface area contributed by atoms with Gasteiger partial charge in [-0.15, -0.1) is 6.58 Å². The Morgan fingerprint density at radius 2 is 2.19 bits per heavy atom. The Bertz CT molecular complexity index is 371. The third-order valence-electron chi connectivity index (χ3n) is 2.62. The summed E-state index contributed by atoms with van der Waals surface area (Å²) in [5.41, 5.74) is 2.89. The van der Waals surface area contributed by atoms with Gasteiger partial charge in [0.25, 0.3) is 0 Å². The number of anilines is 1. The number of carbonyl (C=O) groups excluding carboxylic acids is 1. The predicted molar refractivity (Wildman–Crippen MR) is 69.3 cm³/mol. The largest absolute Gasteiger partial charge is 0.374 e. The van der Waals surface area contributed by atoms with E-state index in [0.717, 1.165) is 42.5 Å². The molecule has 2 nitrogen and oxygen atoms in total. The van der Waals surface area contributed by atoms with Crippen molar-refractivity contribution in [1.82, 2.24) is 0 Å². The summed E-state index contributed by atoms with van der Waals surface area (Å²) in [5.74, 6) is 0. The molecule has 0 unspecified atom stereocenters. The van der Waals surface area contributed by atoms with E-state index in [-0.39, 0.29) is 0 Å². The zero-order chi connectivity index (χ0) is 12.0. The van der Waals surface area contributed by atoms with Gasteiger partial charge < -0.3 is 4.90 Å². The Morgan fingerprint density at radius 3 is 2.81 bits per heavy atom. The first kappa shape index (κ1) is 12.5. The van der Waals surface area contributed by atoms with Gasteiger partial charge in [-0.25, -0.2) is 0 Å². The van der Waals surface area contributed by atoms with E-state index in [0.29, 0.717) is 0 Å². The smallest absolute Gasteiger partial charge is 0.152 e. The Morgan fingerprint density at radius 1 is 1.44 bits per heavy atom. The molecule has 0 aliphatic heterocycles. The van der Waals surface area contributed by atoms with E-state index < -0.39 is 0 Å². The molecule has 0 bridgehead atoms. The first-order valence-electron chi connectivity index (χ1n) is 5.57. The maximum Gasteiger partial charge on any atom is 0.152 e. The van der Waals surface area contributed by atoms with Crippen molar-refractivity contribution in [1.29, 1.82) is 0 Å². The van der Waals surface area contributed by atoms with Crippen LogP contribution in [0.3, 0.4) is 0 Å². The van der Waals surface area contributed by atoms with Gasteiger partial charge >= 0.3 is 0 Å². The van der Waals surface area contributed by atoms with Crippen molar-refractivity contribution in [2.24, 2.45) is 0 Å². The van der Waals surface area contributed by atoms with Crippen molar-refractivity contribution in [2.45, 2.75) is 19.8 Å². The highest BCUT2D eigenvalue weighted by molar-refractivity contribution is 5.84. The number of hydrogen-bond acceptors (Lipinski definition) is 2. The molecular weight excluding hydrogens is 198 g/mol. The van der Waals surface area contributed by atoms with Gasteiger partial charge in [-0.2, -0.15) is 0 Å². The summed E-state index contributed by atoms with van der Waals surface area (Å²) < 4.78 is 0. The summed E-state index contributed by atoms with van der Waals surface area (Å²) in [6.07, 6.45) is 4.91. The SMILES string of the molecule is C=CCCCN(C)c1ccc(C)cc1C=O. The fourth-order valence-corrected chi connectivity index (χ4v) is 1.71. The van der Waals surface area contributed by atoms with Gasteiger partial charge in [0, 0.05) is 24.8 Å². The molecule has 0 atom stereocenters. The maximum atomic E-state index is 11.0. The Labute approximate surface area is 97.6 Å². The molecule has 86 valence electrons. The molecule has 0 saturated heterocycles. The van der Waals surface area contributed by atoms with Crippen molar-refractivity contribution in [2.75, 3.05) is 18.5 Å². The lowest BCUT2D eigenvalue weighted by Crippen LogP contribution is -2.19. The number of nitrogens with zero attached hydrogens (tertiary/aromatic N) is 1. The Hall–Kier alpha value is -1.57. The lowest BCUT2D eigenvalue weighted by Gasteiger charge is -2.20. The van der Waals surface area contributed by atoms with E-state index in [1.165, 1.54) is 0 Å². The third-order valence-corrected chi connectivity index (χ3v) is 2.62. The van der Waals surface area contributed by atoms with Gasteiger partial charge in [0.2, 0.25) is 0 Å². The average molecular weight is 217 g/mol. The van der Waals surface area contributed by atoms with Gasteiger partial charge in [0.1, 0.15) is 0 Å². The molecule has 0 amide bonds. The number of allylic oxidation sites excluding steroid dienone is 1. The van der Waals surface area contributed by atoms with E-state index in [4.69, 9.17) is 0 Å². The van der Waals surface area contributed by atoms with Crippen LogP contribution in [0.25, 0.3) is 0 Å². The van der Waals surface area contributed by atoms with Gasteiger partial charge in [0.15, 0.2) is 6.29 Å². The molecule has 1 rings (SSSR count). The minimum Gasteiger partial charge on any atom is -0.374 e. The minimum absolute atomic E-state index is 0.765. The lowest BCUT2D eigenvalue weighted by molar-refractivity contribution is 0.112. The summed E-state index contributed by atoms with van der Waals surface area (Å²) in [4.78, 5) is 13.1. The van der Waals surface area contributed by atoms with E-state index in [1.54, 1.807) is 0 Å². The molecule has 0 spiro atoms. The van der Waals surface area contributed by atoms with Gasteiger partial charge in [-0.1, -0.05) is 17.7 Å². The molecular formula is C14H19NO. The zero-order valence-corrected chi connectivity index (χ0v) is 10.1. The number of aldehydes is 1. The summed E-state index contributed by atoms with van der Waals surface area (Å²) in [6, 6.07) is 5.96. The molecule has 0 heterocycles. The number of hydrogen-bond donors (Lipinski definition) is 0. The lowest BCUT2D eigenvalue weighted by atomic mass is 10.1. The maximum absolute atomic E-state index is 11.0. The average Bonchev–Trinajstić information content (AvgIpc) is 2.29. The second-order valence-corrected chi connectivity index (χ2v) is 4.03. The van der Waals surface area contributed by atoms with Crippen molar-refractivity contribution in [3.63, 3.8) is 0 Å². The molecule has 1 aromatic rings. The van der Waals surface area contributed by atoms with Crippen LogP contribution >= 0.6 is 0 Å². The van der Waals surface area contributed by atoms with Crippen LogP contribution in [0.5, 0.6) is 0 Å². The van der Waals surface area contributed by atoms with E-state index >= 15 is 0 Å². The van der Waals surface area contributed by atoms with E-state index in [1.807, 2.05) is 38.2 Å². The van der Waals surface area contributed by atoms with Crippen molar-refractivity contribution >= 4 is 12.0 Å². The van der Waals surface area contributed by atoms with Gasteiger partial charge in [-0.05, 0) is 31.9 Å². The fraction of sp³-hybridized carbons (Fsp3) is 0.357. The van der Waals surface area contributed by atoms with Crippen LogP contribution in [-0.4, -0.2) is 19.9 Å². The summed E-state index contributed by atoms with van der Waals surface area (Å²) in [6.45, 7) is 6.64. The molecule has 16 heavy (non-hydrogen) atoms. The van der Waals surface area contributed by atoms with Gasteiger partial charge in [-0.3, -0.25) is 4.79 Å². The van der Waals surface area contributed by atoms with Crippen LogP contribution < -0.4 is 4.90 Å². The highest BCUT2D eigenvalue weighted by atomic mass is 16.1. The zero-order valence-electron chi connectivity index (χ0n) is 10.1. The van der Waals surface area contributed by atoms with Gasteiger partial charge in [0.05, 0.1) is 0 Å². The molecule has 0 fully saturated rings. The monoisotopic (exact) mass is 217 g/mol. The first-order valence-corrected chi connectivity index (χ1v) is 5.57. The normalized spacial score (nSPS) is 9.88. The van der Waals surface area contributed by atoms with Crippen molar-refractivity contribution in [3.05, 3.63) is 42.0 Å². The number of benzene rings is 1. The standard InChI is InChI=1S/C14H19NO/c1-4-5-6-9-15(3)14-8-7-12(2)10-13(14)11-16/h4,7-8,10-11H,1,5-6,9H2,2-3H3. The molecule has 2 heteroatoms. The van der Waals surface area contributed by atoms with Crippen LogP contribution in [-0.2, 0) is 0 Å². The first-order chi connectivity index (χ1) is 7.69. The summed E-state index contributed by atoms with van der Waals surface area (Å²) >= 11 is 0. The van der Waals surface area contributed by atoms with Crippen LogP contribution in [0.15, 0.2) is 30.9 Å². The van der Waals surface area contributed by atoms with E-state index in [2.05, 4.69) is 11.5 Å². The van der Waals surface area contributed by atoms with Crippen molar-refractivity contribution < 1.29 is 4.79 Å². The summed E-state index contributed by atoms with van der Waals surface area (Å²) in [5, 5.41) is 0. The highest BCUT2D eigenvalue weighted by Gasteiger charge is 2.06. The van der Waals surface area contributed by atoms with Crippen molar-refractivity contribution in [3.8, 4) is 0 Å². The second-order valence-electron chi connectivity index (χ2n) is 4.03. The molecule has 1 aromatic carbocycles. The summed E-state index contributed by atoms with van der Waals surface area (Å²) in [7, 11) is 2.01. The molecule has 0 aliphatic carbocycles. The number of aryl methyl sites for hydroxylation is 1. The molecule has 0 N–H and O–H groups in total. The molecule has 0 radical (unpaired) electrons.